The summed E-state index contributed by atoms with van der Waals surface area (Å²) in [6.45, 7) is 5.22. The second-order valence-corrected chi connectivity index (χ2v) is 6.77. The molecule has 0 amide bonds. The van der Waals surface area contributed by atoms with Gasteiger partial charge in [-0.2, -0.15) is 0 Å². The number of hydrogen-bond acceptors (Lipinski definition) is 3. The van der Waals surface area contributed by atoms with Crippen LogP contribution in [0.2, 0.25) is 0 Å². The summed E-state index contributed by atoms with van der Waals surface area (Å²) in [4.78, 5) is 24.8. The van der Waals surface area contributed by atoms with E-state index in [9.17, 15) is 9.59 Å². The zero-order chi connectivity index (χ0) is 17.0. The highest BCUT2D eigenvalue weighted by molar-refractivity contribution is 9.08. The third kappa shape index (κ3) is 4.52. The zero-order valence-corrected chi connectivity index (χ0v) is 15.0. The van der Waals surface area contributed by atoms with E-state index in [1.807, 2.05) is 42.5 Å². The molecule has 23 heavy (non-hydrogen) atoms. The third-order valence-electron chi connectivity index (χ3n) is 3.15. The van der Waals surface area contributed by atoms with Crippen molar-refractivity contribution < 1.29 is 14.3 Å². The molecule has 0 radical (unpaired) electrons. The fourth-order valence-electron chi connectivity index (χ4n) is 2.17. The Labute approximate surface area is 144 Å². The number of carbonyl (C=O) groups is 2. The highest BCUT2D eigenvalue weighted by Gasteiger charge is 2.26. The Morgan fingerprint density at radius 1 is 1.04 bits per heavy atom. The van der Waals surface area contributed by atoms with Gasteiger partial charge in [0.25, 0.3) is 5.78 Å². The Balaban J connectivity index is 2.47. The predicted octanol–water partition coefficient (Wildman–Crippen LogP) is 4.77. The Kier molecular flexibility index (Phi) is 5.37. The average Bonchev–Trinajstić information content (AvgIpc) is 2.52. The molecule has 2 aromatic rings. The Hall–Kier alpha value is -1.94. The van der Waals surface area contributed by atoms with Crippen LogP contribution in [0.3, 0.4) is 0 Å². The van der Waals surface area contributed by atoms with E-state index in [1.165, 1.54) is 0 Å². The molecule has 0 aliphatic heterocycles. The van der Waals surface area contributed by atoms with Gasteiger partial charge in [-0.15, -0.1) is 0 Å². The molecule has 0 spiro atoms. The van der Waals surface area contributed by atoms with Gasteiger partial charge >= 0.3 is 5.97 Å². The lowest BCUT2D eigenvalue weighted by Gasteiger charge is -2.19. The number of carbonyl (C=O) groups excluding carboxylic acids is 2. The molecule has 0 unspecified atom stereocenters. The monoisotopic (exact) mass is 374 g/mol. The topological polar surface area (TPSA) is 43.4 Å². The van der Waals surface area contributed by atoms with Crippen LogP contribution < -0.4 is 0 Å². The van der Waals surface area contributed by atoms with E-state index < -0.39 is 17.4 Å². The van der Waals surface area contributed by atoms with Gasteiger partial charge in [0, 0.05) is 10.9 Å². The van der Waals surface area contributed by atoms with Crippen molar-refractivity contribution >= 4 is 27.7 Å². The zero-order valence-electron chi connectivity index (χ0n) is 13.4. The first-order valence-corrected chi connectivity index (χ1v) is 8.46. The van der Waals surface area contributed by atoms with Crippen molar-refractivity contribution in [2.24, 2.45) is 0 Å². The second-order valence-electron chi connectivity index (χ2n) is 6.21. The van der Waals surface area contributed by atoms with E-state index in [1.54, 1.807) is 26.8 Å². The van der Waals surface area contributed by atoms with Gasteiger partial charge in [-0.1, -0.05) is 58.4 Å². The number of benzene rings is 2. The van der Waals surface area contributed by atoms with Crippen LogP contribution in [0.4, 0.5) is 0 Å². The van der Waals surface area contributed by atoms with E-state index in [-0.39, 0.29) is 0 Å². The van der Waals surface area contributed by atoms with Crippen LogP contribution >= 0.6 is 15.9 Å². The minimum atomic E-state index is -0.832. The van der Waals surface area contributed by atoms with Crippen LogP contribution in [0.1, 0.15) is 36.7 Å². The molecule has 0 bridgehead atoms. The number of halogens is 1. The van der Waals surface area contributed by atoms with Gasteiger partial charge in [-0.3, -0.25) is 4.79 Å². The summed E-state index contributed by atoms with van der Waals surface area (Å²) >= 11 is 3.38. The van der Waals surface area contributed by atoms with Gasteiger partial charge in [0.1, 0.15) is 5.60 Å². The Morgan fingerprint density at radius 2 is 1.70 bits per heavy atom. The summed E-state index contributed by atoms with van der Waals surface area (Å²) in [6.07, 6.45) is 0. The Morgan fingerprint density at radius 3 is 2.26 bits per heavy atom. The highest BCUT2D eigenvalue weighted by Crippen LogP contribution is 2.26. The highest BCUT2D eigenvalue weighted by atomic mass is 79.9. The van der Waals surface area contributed by atoms with Crippen LogP contribution in [0, 0.1) is 0 Å². The molecule has 0 saturated carbocycles. The molecule has 120 valence electrons. The molecule has 0 heterocycles. The van der Waals surface area contributed by atoms with Crippen molar-refractivity contribution in [3.05, 3.63) is 59.7 Å². The number of ether oxygens (including phenoxy) is 1. The van der Waals surface area contributed by atoms with E-state index in [4.69, 9.17) is 4.74 Å². The molecular formula is C19H19BrO3. The van der Waals surface area contributed by atoms with Crippen molar-refractivity contribution in [3.63, 3.8) is 0 Å². The van der Waals surface area contributed by atoms with E-state index in [0.29, 0.717) is 10.9 Å². The predicted molar refractivity (Wildman–Crippen MR) is 94.7 cm³/mol. The molecule has 0 aromatic heterocycles. The fourth-order valence-corrected chi connectivity index (χ4v) is 2.52. The second kappa shape index (κ2) is 7.09. The summed E-state index contributed by atoms with van der Waals surface area (Å²) in [7, 11) is 0. The number of Topliss-reactive ketones (excluding diaryl/α,β-unsaturated/α-hetero) is 1. The van der Waals surface area contributed by atoms with Crippen LogP contribution in [0.15, 0.2) is 48.5 Å². The first kappa shape index (κ1) is 17.4. The van der Waals surface area contributed by atoms with Crippen molar-refractivity contribution in [1.29, 1.82) is 0 Å². The largest absolute Gasteiger partial charge is 0.454 e. The maximum absolute atomic E-state index is 12.6. The van der Waals surface area contributed by atoms with Crippen molar-refractivity contribution in [1.82, 2.24) is 0 Å². The Bertz CT molecular complexity index is 715. The summed E-state index contributed by atoms with van der Waals surface area (Å²) in [5.41, 5.74) is 2.21. The van der Waals surface area contributed by atoms with Crippen LogP contribution in [0.25, 0.3) is 11.1 Å². The molecule has 3 nitrogen and oxygen atoms in total. The summed E-state index contributed by atoms with van der Waals surface area (Å²) in [5, 5.41) is 0.608. The molecule has 2 aromatic carbocycles. The van der Waals surface area contributed by atoms with Crippen LogP contribution in [-0.2, 0) is 14.9 Å². The molecule has 0 aliphatic rings. The number of hydrogen-bond donors (Lipinski definition) is 0. The van der Waals surface area contributed by atoms with Crippen molar-refractivity contribution in [3.8, 4) is 11.1 Å². The molecule has 4 heteroatoms. The summed E-state index contributed by atoms with van der Waals surface area (Å²) < 4.78 is 5.22. The van der Waals surface area contributed by atoms with Crippen LogP contribution in [-0.4, -0.2) is 17.4 Å². The maximum Gasteiger partial charge on any atom is 0.380 e. The molecule has 0 saturated heterocycles. The first-order valence-electron chi connectivity index (χ1n) is 7.34. The fraction of sp³-hybridized carbons (Fsp3) is 0.263. The average molecular weight is 375 g/mol. The smallest absolute Gasteiger partial charge is 0.380 e. The standard InChI is InChI=1S/C19H19BrO3/c1-19(2,3)23-18(22)17(21)16-11-13(12-20)9-10-15(16)14-7-5-4-6-8-14/h4-11H,12H2,1-3H3. The minimum absolute atomic E-state index is 0.363. The number of ketones is 1. The molecule has 0 aliphatic carbocycles. The lowest BCUT2D eigenvalue weighted by Crippen LogP contribution is -2.29. The molecular weight excluding hydrogens is 356 g/mol. The molecule has 0 N–H and O–H groups in total. The van der Waals surface area contributed by atoms with Gasteiger partial charge in [-0.05, 0) is 43.5 Å². The van der Waals surface area contributed by atoms with Gasteiger partial charge in [0.05, 0.1) is 0 Å². The minimum Gasteiger partial charge on any atom is -0.454 e. The SMILES string of the molecule is CC(C)(C)OC(=O)C(=O)c1cc(CBr)ccc1-c1ccccc1. The number of esters is 1. The number of alkyl halides is 1. The van der Waals surface area contributed by atoms with E-state index in [2.05, 4.69) is 15.9 Å². The van der Waals surface area contributed by atoms with Crippen molar-refractivity contribution in [2.75, 3.05) is 0 Å². The van der Waals surface area contributed by atoms with E-state index in [0.717, 1.165) is 16.7 Å². The quantitative estimate of drug-likeness (QED) is 0.335. The molecule has 2 rings (SSSR count). The van der Waals surface area contributed by atoms with E-state index >= 15 is 0 Å². The van der Waals surface area contributed by atoms with Gasteiger partial charge in [0.15, 0.2) is 0 Å². The van der Waals surface area contributed by atoms with Crippen LogP contribution in [0.5, 0.6) is 0 Å². The first-order chi connectivity index (χ1) is 10.8. The normalized spacial score (nSPS) is 11.1. The lowest BCUT2D eigenvalue weighted by molar-refractivity contribution is -0.148. The molecule has 0 atom stereocenters. The maximum atomic E-state index is 12.6. The number of rotatable bonds is 4. The van der Waals surface area contributed by atoms with Crippen molar-refractivity contribution in [2.45, 2.75) is 31.7 Å². The molecule has 0 fully saturated rings. The van der Waals surface area contributed by atoms with Gasteiger partial charge < -0.3 is 4.74 Å². The van der Waals surface area contributed by atoms with Gasteiger partial charge in [0.2, 0.25) is 0 Å². The third-order valence-corrected chi connectivity index (χ3v) is 3.80. The summed E-state index contributed by atoms with van der Waals surface area (Å²) in [5.74, 6) is -1.46. The van der Waals surface area contributed by atoms with Gasteiger partial charge in [-0.25, -0.2) is 4.79 Å². The lowest BCUT2D eigenvalue weighted by atomic mass is 9.95. The summed E-state index contributed by atoms with van der Waals surface area (Å²) in [6, 6.07) is 15.1.